The standard InChI is InChI=1S/C10H8N6/c11-9-10(15-16-12)14-8(6-13-9)7-4-2-1-3-5-7/h1-6H,(H2,11,13). The average Bonchev–Trinajstić information content (AvgIpc) is 2.33. The first-order valence-corrected chi connectivity index (χ1v) is 4.54. The molecule has 0 aliphatic heterocycles. The van der Waals surface area contributed by atoms with Gasteiger partial charge in [0.25, 0.3) is 0 Å². The summed E-state index contributed by atoms with van der Waals surface area (Å²) in [6.07, 6.45) is 1.54. The molecule has 0 bridgehead atoms. The number of nitrogens with zero attached hydrogens (tertiary/aromatic N) is 5. The smallest absolute Gasteiger partial charge is 0.169 e. The first kappa shape index (κ1) is 9.95. The summed E-state index contributed by atoms with van der Waals surface area (Å²) in [7, 11) is 0. The Bertz CT molecular complexity index is 544. The van der Waals surface area contributed by atoms with E-state index < -0.39 is 0 Å². The molecule has 1 aromatic heterocycles. The highest BCUT2D eigenvalue weighted by atomic mass is 15.2. The predicted molar refractivity (Wildman–Crippen MR) is 60.7 cm³/mol. The third kappa shape index (κ3) is 1.92. The van der Waals surface area contributed by atoms with Crippen LogP contribution in [0.1, 0.15) is 0 Å². The van der Waals surface area contributed by atoms with Crippen LogP contribution in [0.3, 0.4) is 0 Å². The van der Waals surface area contributed by atoms with E-state index in [2.05, 4.69) is 20.0 Å². The van der Waals surface area contributed by atoms with Crippen LogP contribution in [0.2, 0.25) is 0 Å². The lowest BCUT2D eigenvalue weighted by Gasteiger charge is -2.02. The van der Waals surface area contributed by atoms with Gasteiger partial charge in [0, 0.05) is 10.5 Å². The summed E-state index contributed by atoms with van der Waals surface area (Å²) in [5.41, 5.74) is 15.4. The van der Waals surface area contributed by atoms with Crippen LogP contribution < -0.4 is 5.73 Å². The van der Waals surface area contributed by atoms with Crippen molar-refractivity contribution < 1.29 is 0 Å². The van der Waals surface area contributed by atoms with Gasteiger partial charge in [0.1, 0.15) is 0 Å². The Morgan fingerprint density at radius 1 is 1.25 bits per heavy atom. The number of nitrogen functional groups attached to an aromatic ring is 1. The Hall–Kier alpha value is -2.59. The van der Waals surface area contributed by atoms with Crippen LogP contribution in [0, 0.1) is 0 Å². The summed E-state index contributed by atoms with van der Waals surface area (Å²) in [5, 5.41) is 3.37. The SMILES string of the molecule is [N-]=[N+]=Nc1nc(-c2ccccc2)cnc1N. The van der Waals surface area contributed by atoms with Gasteiger partial charge in [-0.25, -0.2) is 9.97 Å². The largest absolute Gasteiger partial charge is 0.382 e. The van der Waals surface area contributed by atoms with Crippen LogP contribution in [-0.4, -0.2) is 9.97 Å². The zero-order valence-corrected chi connectivity index (χ0v) is 8.28. The third-order valence-electron chi connectivity index (χ3n) is 1.99. The molecule has 1 aromatic carbocycles. The molecule has 6 nitrogen and oxygen atoms in total. The van der Waals surface area contributed by atoms with Crippen LogP contribution in [0.15, 0.2) is 41.6 Å². The lowest BCUT2D eigenvalue weighted by molar-refractivity contribution is 1.18. The van der Waals surface area contributed by atoms with Gasteiger partial charge < -0.3 is 5.73 Å². The molecule has 0 amide bonds. The monoisotopic (exact) mass is 212 g/mol. The Labute approximate surface area is 91.4 Å². The second-order valence-corrected chi connectivity index (χ2v) is 3.02. The van der Waals surface area contributed by atoms with Gasteiger partial charge in [-0.2, -0.15) is 0 Å². The van der Waals surface area contributed by atoms with Crippen molar-refractivity contribution in [3.63, 3.8) is 0 Å². The van der Waals surface area contributed by atoms with E-state index in [4.69, 9.17) is 11.3 Å². The zero-order chi connectivity index (χ0) is 11.4. The second kappa shape index (κ2) is 4.29. The number of hydrogen-bond acceptors (Lipinski definition) is 4. The van der Waals surface area contributed by atoms with Crippen LogP contribution >= 0.6 is 0 Å². The van der Waals surface area contributed by atoms with Gasteiger partial charge in [-0.3, -0.25) is 0 Å². The topological polar surface area (TPSA) is 101 Å². The maximum atomic E-state index is 8.34. The molecule has 0 spiro atoms. The van der Waals surface area contributed by atoms with Crippen LogP contribution in [0.4, 0.5) is 11.6 Å². The van der Waals surface area contributed by atoms with Gasteiger partial charge in [0.2, 0.25) is 0 Å². The number of hydrogen-bond donors (Lipinski definition) is 1. The van der Waals surface area contributed by atoms with Crippen molar-refractivity contribution >= 4 is 11.6 Å². The lowest BCUT2D eigenvalue weighted by Crippen LogP contribution is -1.94. The minimum atomic E-state index is 0.101. The second-order valence-electron chi connectivity index (χ2n) is 3.02. The Kier molecular flexibility index (Phi) is 2.67. The van der Waals surface area contributed by atoms with Crippen molar-refractivity contribution in [2.75, 3.05) is 5.73 Å². The van der Waals surface area contributed by atoms with Gasteiger partial charge in [-0.15, -0.1) is 0 Å². The molecule has 2 N–H and O–H groups in total. The average molecular weight is 212 g/mol. The molecular weight excluding hydrogens is 204 g/mol. The molecule has 0 radical (unpaired) electrons. The van der Waals surface area contributed by atoms with Crippen molar-refractivity contribution in [2.45, 2.75) is 0 Å². The number of azide groups is 1. The van der Waals surface area contributed by atoms with E-state index in [1.165, 1.54) is 0 Å². The molecule has 0 saturated carbocycles. The molecule has 0 aliphatic carbocycles. The van der Waals surface area contributed by atoms with Crippen molar-refractivity contribution in [3.8, 4) is 11.3 Å². The van der Waals surface area contributed by atoms with Gasteiger partial charge in [-0.05, 0) is 10.6 Å². The van der Waals surface area contributed by atoms with Crippen molar-refractivity contribution in [1.82, 2.24) is 9.97 Å². The van der Waals surface area contributed by atoms with E-state index in [0.29, 0.717) is 5.69 Å². The third-order valence-corrected chi connectivity index (χ3v) is 1.99. The fraction of sp³-hybridized carbons (Fsp3) is 0. The molecule has 2 rings (SSSR count). The van der Waals surface area contributed by atoms with Crippen LogP contribution in [0.25, 0.3) is 21.7 Å². The highest BCUT2D eigenvalue weighted by Crippen LogP contribution is 2.22. The van der Waals surface area contributed by atoms with Gasteiger partial charge in [0.15, 0.2) is 11.6 Å². The number of nitrogens with two attached hydrogens (primary N) is 1. The fourth-order valence-electron chi connectivity index (χ4n) is 1.25. The van der Waals surface area contributed by atoms with Gasteiger partial charge >= 0.3 is 0 Å². The molecule has 0 atom stereocenters. The molecule has 16 heavy (non-hydrogen) atoms. The summed E-state index contributed by atoms with van der Waals surface area (Å²) in [5.74, 6) is 0.223. The predicted octanol–water partition coefficient (Wildman–Crippen LogP) is 2.67. The molecule has 0 unspecified atom stereocenters. The summed E-state index contributed by atoms with van der Waals surface area (Å²) in [6.45, 7) is 0. The highest BCUT2D eigenvalue weighted by molar-refractivity contribution is 5.63. The van der Waals surface area contributed by atoms with E-state index in [-0.39, 0.29) is 11.6 Å². The minimum absolute atomic E-state index is 0.101. The van der Waals surface area contributed by atoms with Crippen molar-refractivity contribution in [2.24, 2.45) is 5.11 Å². The quantitative estimate of drug-likeness (QED) is 0.470. The molecule has 78 valence electrons. The summed E-state index contributed by atoms with van der Waals surface area (Å²) in [4.78, 5) is 10.7. The number of benzene rings is 1. The molecule has 0 fully saturated rings. The molecular formula is C10H8N6. The lowest BCUT2D eigenvalue weighted by atomic mass is 10.2. The molecule has 2 aromatic rings. The maximum absolute atomic E-state index is 8.34. The fourth-order valence-corrected chi connectivity index (χ4v) is 1.25. The molecule has 1 heterocycles. The first-order chi connectivity index (χ1) is 7.81. The normalized spacial score (nSPS) is 9.50. The Morgan fingerprint density at radius 3 is 2.69 bits per heavy atom. The first-order valence-electron chi connectivity index (χ1n) is 4.54. The molecule has 6 heteroatoms. The summed E-state index contributed by atoms with van der Waals surface area (Å²) >= 11 is 0. The number of anilines is 1. The van der Waals surface area contributed by atoms with Crippen LogP contribution in [-0.2, 0) is 0 Å². The van der Waals surface area contributed by atoms with E-state index in [1.54, 1.807) is 6.20 Å². The molecule has 0 aliphatic rings. The van der Waals surface area contributed by atoms with Crippen molar-refractivity contribution in [1.29, 1.82) is 0 Å². The molecule has 0 saturated heterocycles. The van der Waals surface area contributed by atoms with Crippen molar-refractivity contribution in [3.05, 3.63) is 47.0 Å². The Balaban J connectivity index is 2.52. The number of aromatic nitrogens is 2. The van der Waals surface area contributed by atoms with Crippen LogP contribution in [0.5, 0.6) is 0 Å². The van der Waals surface area contributed by atoms with E-state index >= 15 is 0 Å². The number of rotatable bonds is 2. The van der Waals surface area contributed by atoms with E-state index in [0.717, 1.165) is 5.56 Å². The maximum Gasteiger partial charge on any atom is 0.169 e. The van der Waals surface area contributed by atoms with E-state index in [9.17, 15) is 0 Å². The summed E-state index contributed by atoms with van der Waals surface area (Å²) in [6, 6.07) is 9.46. The highest BCUT2D eigenvalue weighted by Gasteiger charge is 2.04. The minimum Gasteiger partial charge on any atom is -0.382 e. The summed E-state index contributed by atoms with van der Waals surface area (Å²) < 4.78 is 0. The zero-order valence-electron chi connectivity index (χ0n) is 8.28. The Morgan fingerprint density at radius 2 is 2.00 bits per heavy atom. The van der Waals surface area contributed by atoms with Gasteiger partial charge in [0.05, 0.1) is 11.9 Å². The van der Waals surface area contributed by atoms with E-state index in [1.807, 2.05) is 30.3 Å². The van der Waals surface area contributed by atoms with Gasteiger partial charge in [-0.1, -0.05) is 30.3 Å².